The molecule has 0 spiro atoms. The Balaban J connectivity index is 1.41. The molecule has 15 heteroatoms. The van der Waals surface area contributed by atoms with Gasteiger partial charge in [-0.3, -0.25) is 20.2 Å². The molecule has 190 valence electrons. The Morgan fingerprint density at radius 3 is 2.03 bits per heavy atom. The quantitative estimate of drug-likeness (QED) is 0.162. The lowest BCUT2D eigenvalue weighted by Gasteiger charge is -2.10. The van der Waals surface area contributed by atoms with Gasteiger partial charge in [0.25, 0.3) is 11.4 Å². The summed E-state index contributed by atoms with van der Waals surface area (Å²) < 4.78 is 10.5. The molecule has 0 atom stereocenters. The van der Waals surface area contributed by atoms with Crippen LogP contribution in [0.5, 0.6) is 11.5 Å². The molecular formula is C23H17N9O6. The molecule has 0 fully saturated rings. The van der Waals surface area contributed by atoms with Crippen molar-refractivity contribution < 1.29 is 19.3 Å². The van der Waals surface area contributed by atoms with E-state index in [-0.39, 0.29) is 47.3 Å². The zero-order valence-corrected chi connectivity index (χ0v) is 19.3. The Kier molecular flexibility index (Phi) is 6.53. The van der Waals surface area contributed by atoms with Gasteiger partial charge in [0.1, 0.15) is 0 Å². The van der Waals surface area contributed by atoms with Gasteiger partial charge in [0.05, 0.1) is 27.7 Å². The Labute approximate surface area is 213 Å². The molecule has 3 aromatic carbocycles. The van der Waals surface area contributed by atoms with Crippen LogP contribution in [0.3, 0.4) is 0 Å². The van der Waals surface area contributed by atoms with Crippen LogP contribution in [0.1, 0.15) is 5.56 Å². The first-order valence-electron chi connectivity index (χ1n) is 10.9. The molecule has 2 heterocycles. The van der Waals surface area contributed by atoms with Gasteiger partial charge in [0.2, 0.25) is 24.6 Å². The van der Waals surface area contributed by atoms with Gasteiger partial charge >= 0.3 is 0 Å². The zero-order chi connectivity index (χ0) is 26.5. The van der Waals surface area contributed by atoms with Crippen LogP contribution >= 0.6 is 0 Å². The minimum absolute atomic E-state index is 0.0162. The fraction of sp³-hybridized carbons (Fsp3) is 0.0435. The van der Waals surface area contributed by atoms with Gasteiger partial charge in [-0.25, -0.2) is 5.43 Å². The number of aromatic nitrogens is 3. The van der Waals surface area contributed by atoms with Crippen molar-refractivity contribution in [3.05, 3.63) is 92.5 Å². The van der Waals surface area contributed by atoms with E-state index in [2.05, 4.69) is 36.1 Å². The highest BCUT2D eigenvalue weighted by atomic mass is 16.7. The lowest BCUT2D eigenvalue weighted by atomic mass is 10.1. The van der Waals surface area contributed by atoms with Crippen LogP contribution in [0.4, 0.5) is 40.6 Å². The van der Waals surface area contributed by atoms with Crippen molar-refractivity contribution in [2.75, 3.05) is 22.9 Å². The largest absolute Gasteiger partial charge is 0.454 e. The number of rotatable bonds is 9. The summed E-state index contributed by atoms with van der Waals surface area (Å²) in [6, 6.07) is 17.6. The number of ether oxygens (including phenoxy) is 2. The summed E-state index contributed by atoms with van der Waals surface area (Å²) >= 11 is 0. The Hall–Kier alpha value is -5.86. The smallest absolute Gasteiger partial charge is 0.282 e. The number of nitro groups is 2. The predicted octanol–water partition coefficient (Wildman–Crippen LogP) is 4.35. The molecule has 0 aliphatic carbocycles. The van der Waals surface area contributed by atoms with Crippen molar-refractivity contribution >= 4 is 46.8 Å². The summed E-state index contributed by atoms with van der Waals surface area (Å²) in [5, 5.41) is 32.5. The second-order valence-corrected chi connectivity index (χ2v) is 7.62. The standard InChI is InChI=1S/C23H17N9O6/c33-31(34)17-8-6-16(7-9-17)26-22-27-21(25-15-4-2-1-3-5-15)28-23(29-22)30-24-12-14-10-19-20(38-13-37-19)11-18(14)32(35)36/h1-12H,13H2,(H3,25,26,27,28,29,30). The number of para-hydroxylation sites is 1. The minimum Gasteiger partial charge on any atom is -0.454 e. The summed E-state index contributed by atoms with van der Waals surface area (Å²) in [6.45, 7) is -0.0298. The van der Waals surface area contributed by atoms with E-state index < -0.39 is 9.85 Å². The molecular weight excluding hydrogens is 498 g/mol. The number of non-ortho nitro benzene ring substituents is 1. The number of hydrogen-bond acceptors (Lipinski definition) is 13. The van der Waals surface area contributed by atoms with E-state index in [0.717, 1.165) is 0 Å². The van der Waals surface area contributed by atoms with Gasteiger partial charge < -0.3 is 20.1 Å². The highest BCUT2D eigenvalue weighted by Crippen LogP contribution is 2.37. The molecule has 0 radical (unpaired) electrons. The van der Waals surface area contributed by atoms with Crippen molar-refractivity contribution in [3.63, 3.8) is 0 Å². The van der Waals surface area contributed by atoms with E-state index in [1.54, 1.807) is 0 Å². The van der Waals surface area contributed by atoms with Crippen molar-refractivity contribution in [1.82, 2.24) is 15.0 Å². The highest BCUT2D eigenvalue weighted by Gasteiger charge is 2.22. The molecule has 15 nitrogen and oxygen atoms in total. The number of anilines is 5. The molecule has 3 N–H and O–H groups in total. The summed E-state index contributed by atoms with van der Waals surface area (Å²) in [6.07, 6.45) is 1.23. The maximum absolute atomic E-state index is 11.5. The van der Waals surface area contributed by atoms with E-state index in [9.17, 15) is 20.2 Å². The van der Waals surface area contributed by atoms with Gasteiger partial charge in [-0.2, -0.15) is 20.1 Å². The number of hydrazone groups is 1. The monoisotopic (exact) mass is 515 g/mol. The van der Waals surface area contributed by atoms with E-state index in [4.69, 9.17) is 9.47 Å². The first-order chi connectivity index (χ1) is 18.4. The van der Waals surface area contributed by atoms with Crippen LogP contribution in [0.15, 0.2) is 71.8 Å². The molecule has 0 unspecified atom stereocenters. The lowest BCUT2D eigenvalue weighted by molar-refractivity contribution is -0.385. The molecule has 1 aliphatic rings. The van der Waals surface area contributed by atoms with E-state index >= 15 is 0 Å². The van der Waals surface area contributed by atoms with E-state index in [1.165, 1.54) is 42.6 Å². The Bertz CT molecular complexity index is 1530. The first kappa shape index (κ1) is 23.9. The van der Waals surface area contributed by atoms with Crippen LogP contribution in [-0.4, -0.2) is 37.8 Å². The molecule has 0 amide bonds. The maximum atomic E-state index is 11.5. The van der Waals surface area contributed by atoms with Crippen molar-refractivity contribution in [2.45, 2.75) is 0 Å². The molecule has 1 aromatic heterocycles. The third-order valence-corrected chi connectivity index (χ3v) is 5.09. The second kappa shape index (κ2) is 10.4. The number of hydrogen-bond donors (Lipinski definition) is 3. The highest BCUT2D eigenvalue weighted by molar-refractivity contribution is 5.87. The minimum atomic E-state index is -0.555. The van der Waals surface area contributed by atoms with Gasteiger partial charge in [0, 0.05) is 23.5 Å². The molecule has 38 heavy (non-hydrogen) atoms. The summed E-state index contributed by atoms with van der Waals surface area (Å²) in [5.41, 5.74) is 3.75. The maximum Gasteiger partial charge on any atom is 0.282 e. The summed E-state index contributed by atoms with van der Waals surface area (Å²) in [4.78, 5) is 34.2. The van der Waals surface area contributed by atoms with Crippen molar-refractivity contribution in [2.24, 2.45) is 5.10 Å². The molecule has 1 aliphatic heterocycles. The zero-order valence-electron chi connectivity index (χ0n) is 19.3. The van der Waals surface area contributed by atoms with Gasteiger partial charge in [-0.1, -0.05) is 18.2 Å². The third-order valence-electron chi connectivity index (χ3n) is 5.09. The van der Waals surface area contributed by atoms with E-state index in [1.807, 2.05) is 30.3 Å². The SMILES string of the molecule is O=[N+]([O-])c1ccc(Nc2nc(NN=Cc3cc4c(cc3[N+](=O)[O-])OCO4)nc(Nc3ccccc3)n2)cc1. The summed E-state index contributed by atoms with van der Waals surface area (Å²) in [7, 11) is 0. The Morgan fingerprint density at radius 2 is 1.39 bits per heavy atom. The van der Waals surface area contributed by atoms with Gasteiger partial charge in [0.15, 0.2) is 11.5 Å². The van der Waals surface area contributed by atoms with Gasteiger partial charge in [-0.15, -0.1) is 0 Å². The number of nitrogens with zero attached hydrogens (tertiary/aromatic N) is 6. The topological polar surface area (TPSA) is 192 Å². The van der Waals surface area contributed by atoms with Gasteiger partial charge in [-0.05, 0) is 30.3 Å². The number of benzene rings is 3. The normalized spacial score (nSPS) is 11.8. The predicted molar refractivity (Wildman–Crippen MR) is 136 cm³/mol. The molecule has 4 aromatic rings. The summed E-state index contributed by atoms with van der Waals surface area (Å²) in [5.74, 6) is 0.933. The lowest BCUT2D eigenvalue weighted by Crippen LogP contribution is -2.07. The third kappa shape index (κ3) is 5.51. The number of nitrogens with one attached hydrogen (secondary N) is 3. The van der Waals surface area contributed by atoms with Crippen molar-refractivity contribution in [1.29, 1.82) is 0 Å². The molecule has 0 saturated carbocycles. The van der Waals surface area contributed by atoms with Crippen LogP contribution in [0.2, 0.25) is 0 Å². The van der Waals surface area contributed by atoms with E-state index in [0.29, 0.717) is 17.1 Å². The molecule has 5 rings (SSSR count). The average Bonchev–Trinajstić information content (AvgIpc) is 3.36. The molecule has 0 bridgehead atoms. The van der Waals surface area contributed by atoms with Crippen LogP contribution in [-0.2, 0) is 0 Å². The Morgan fingerprint density at radius 1 is 0.789 bits per heavy atom. The second-order valence-electron chi connectivity index (χ2n) is 7.62. The fourth-order valence-electron chi connectivity index (χ4n) is 3.35. The van der Waals surface area contributed by atoms with Crippen LogP contribution in [0, 0.1) is 20.2 Å². The van der Waals surface area contributed by atoms with Crippen LogP contribution < -0.4 is 25.5 Å². The van der Waals surface area contributed by atoms with Crippen LogP contribution in [0.25, 0.3) is 0 Å². The fourth-order valence-corrected chi connectivity index (χ4v) is 3.35. The molecule has 0 saturated heterocycles. The van der Waals surface area contributed by atoms with Crippen molar-refractivity contribution in [3.8, 4) is 11.5 Å². The number of nitro benzene ring substituents is 2. The first-order valence-corrected chi connectivity index (χ1v) is 10.9. The average molecular weight is 515 g/mol. The number of fused-ring (bicyclic) bond motifs is 1.